The number of hydrogen-bond donors (Lipinski definition) is 0. The van der Waals surface area contributed by atoms with Crippen LogP contribution in [0.3, 0.4) is 0 Å². The Bertz CT molecular complexity index is 3280. The van der Waals surface area contributed by atoms with Gasteiger partial charge < -0.3 is 23.5 Å². The molecule has 2 heterocycles. The highest BCUT2D eigenvalue weighted by molar-refractivity contribution is 7.85. The Morgan fingerprint density at radius 2 is 0.848 bits per heavy atom. The zero-order valence-electron chi connectivity index (χ0n) is 35.4. The van der Waals surface area contributed by atoms with Gasteiger partial charge in [-0.2, -0.15) is 0 Å². The number of hydrogen-bond acceptors (Lipinski definition) is 9. The molecule has 0 saturated carbocycles. The molecule has 2 aliphatic heterocycles. The molecule has 10 rings (SSSR count). The SMILES string of the molecule is Cc1cccc(Oc2cccc(Oc3cccc(N4C(=O)c5ccc(Oc6ccc(Oc7ccc8c(c7)C(=O)N(C)C8=O)cc6P(=O)(c6ccccc6)c6ccccc6)cc5C4=O)c3)c2)c1. The minimum absolute atomic E-state index is 0.121. The summed E-state index contributed by atoms with van der Waals surface area (Å²) in [4.78, 5) is 55.6. The third-order valence-corrected chi connectivity index (χ3v) is 14.3. The molecule has 12 heteroatoms. The first kappa shape index (κ1) is 41.5. The van der Waals surface area contributed by atoms with E-state index in [4.69, 9.17) is 18.9 Å². The summed E-state index contributed by atoms with van der Waals surface area (Å²) in [6, 6.07) is 53.8. The van der Waals surface area contributed by atoms with Gasteiger partial charge in [0.1, 0.15) is 46.0 Å². The third kappa shape index (κ3) is 7.67. The second-order valence-electron chi connectivity index (χ2n) is 15.6. The van der Waals surface area contributed by atoms with Crippen LogP contribution in [0.5, 0.6) is 46.0 Å². The summed E-state index contributed by atoms with van der Waals surface area (Å²) in [6.07, 6.45) is 0. The first-order valence-electron chi connectivity index (χ1n) is 20.9. The average Bonchev–Trinajstić information content (AvgIpc) is 3.71. The van der Waals surface area contributed by atoms with Gasteiger partial charge in [-0.3, -0.25) is 24.1 Å². The molecule has 0 bridgehead atoms. The van der Waals surface area contributed by atoms with Crippen molar-refractivity contribution < 1.29 is 42.7 Å². The molecule has 0 spiro atoms. The summed E-state index contributed by atoms with van der Waals surface area (Å²) in [5.41, 5.74) is 2.18. The van der Waals surface area contributed by atoms with Crippen molar-refractivity contribution in [3.63, 3.8) is 0 Å². The number of amides is 4. The van der Waals surface area contributed by atoms with Crippen LogP contribution in [-0.4, -0.2) is 35.6 Å². The van der Waals surface area contributed by atoms with E-state index < -0.39 is 30.8 Å². The van der Waals surface area contributed by atoms with Gasteiger partial charge in [0.05, 0.1) is 33.2 Å². The Labute approximate surface area is 379 Å². The van der Waals surface area contributed by atoms with E-state index in [-0.39, 0.29) is 44.8 Å². The molecule has 0 saturated heterocycles. The Morgan fingerprint density at radius 3 is 1.47 bits per heavy atom. The van der Waals surface area contributed by atoms with Gasteiger partial charge in [0.15, 0.2) is 7.14 Å². The molecule has 0 atom stereocenters. The van der Waals surface area contributed by atoms with Crippen LogP contribution < -0.4 is 39.8 Å². The number of fused-ring (bicyclic) bond motifs is 2. The number of aryl methyl sites for hydroxylation is 1. The van der Waals surface area contributed by atoms with Crippen LogP contribution >= 0.6 is 7.14 Å². The molecule has 4 amide bonds. The first-order valence-corrected chi connectivity index (χ1v) is 22.6. The molecule has 8 aromatic rings. The highest BCUT2D eigenvalue weighted by atomic mass is 31.2. The fourth-order valence-corrected chi connectivity index (χ4v) is 10.8. The van der Waals surface area contributed by atoms with E-state index in [0.717, 1.165) is 15.4 Å². The summed E-state index contributed by atoms with van der Waals surface area (Å²) in [5.74, 6) is 1.25. The quantitative estimate of drug-likeness (QED) is 0.0869. The number of nitrogens with zero attached hydrogens (tertiary/aromatic N) is 2. The number of benzene rings is 8. The molecule has 11 nitrogen and oxygen atoms in total. The van der Waals surface area contributed by atoms with Crippen LogP contribution in [0.25, 0.3) is 0 Å². The van der Waals surface area contributed by atoms with E-state index in [1.54, 1.807) is 97.1 Å². The number of rotatable bonds is 12. The van der Waals surface area contributed by atoms with Crippen molar-refractivity contribution in [3.05, 3.63) is 216 Å². The van der Waals surface area contributed by atoms with Gasteiger partial charge in [-0.15, -0.1) is 0 Å². The topological polar surface area (TPSA) is 129 Å². The molecule has 0 fully saturated rings. The number of carbonyl (C=O) groups excluding carboxylic acids is 4. The van der Waals surface area contributed by atoms with Gasteiger partial charge in [-0.05, 0) is 103 Å². The standard InChI is InChI=1S/C54H37N2O9P/c1-34-12-9-14-36(28-34)62-38-16-11-17-39(30-38)63-37-15-10-13-35(29-37)56-53(59)46-26-23-41(32-48(46)54(56)60)65-49-27-24-42(64-40-22-25-45-47(31-40)52(58)55(2)51(45)57)33-50(49)66(61,43-18-5-3-6-19-43)44-20-7-4-8-21-44/h3-33H,1-2H3. The van der Waals surface area contributed by atoms with Gasteiger partial charge in [0.2, 0.25) is 0 Å². The average molecular weight is 889 g/mol. The lowest BCUT2D eigenvalue weighted by Crippen LogP contribution is -2.29. The second-order valence-corrected chi connectivity index (χ2v) is 18.4. The van der Waals surface area contributed by atoms with Gasteiger partial charge in [-0.25, -0.2) is 4.90 Å². The predicted molar refractivity (Wildman–Crippen MR) is 251 cm³/mol. The fraction of sp³-hybridized carbons (Fsp3) is 0.0370. The zero-order valence-corrected chi connectivity index (χ0v) is 36.3. The van der Waals surface area contributed by atoms with Crippen molar-refractivity contribution in [1.29, 1.82) is 0 Å². The van der Waals surface area contributed by atoms with Crippen LogP contribution in [0.1, 0.15) is 47.0 Å². The molecule has 8 aromatic carbocycles. The maximum atomic E-state index is 15.9. The largest absolute Gasteiger partial charge is 0.457 e. The molecule has 66 heavy (non-hydrogen) atoms. The Morgan fingerprint density at radius 1 is 0.394 bits per heavy atom. The molecular weight excluding hydrogens is 852 g/mol. The molecule has 0 unspecified atom stereocenters. The zero-order chi connectivity index (χ0) is 45.5. The smallest absolute Gasteiger partial charge is 0.266 e. The van der Waals surface area contributed by atoms with E-state index in [0.29, 0.717) is 45.0 Å². The van der Waals surface area contributed by atoms with Crippen molar-refractivity contribution in [2.75, 3.05) is 11.9 Å². The highest BCUT2D eigenvalue weighted by Crippen LogP contribution is 2.47. The fourth-order valence-electron chi connectivity index (χ4n) is 8.02. The van der Waals surface area contributed by atoms with Crippen LogP contribution in [-0.2, 0) is 4.57 Å². The predicted octanol–water partition coefficient (Wildman–Crippen LogP) is 10.8. The van der Waals surface area contributed by atoms with Crippen molar-refractivity contribution >= 4 is 52.4 Å². The normalized spacial score (nSPS) is 13.1. The summed E-state index contributed by atoms with van der Waals surface area (Å²) in [7, 11) is -2.30. The van der Waals surface area contributed by atoms with Gasteiger partial charge in [-0.1, -0.05) is 84.9 Å². The van der Waals surface area contributed by atoms with E-state index in [9.17, 15) is 19.2 Å². The second kappa shape index (κ2) is 16.9. The summed E-state index contributed by atoms with van der Waals surface area (Å²) in [6.45, 7) is 1.99. The minimum atomic E-state index is -3.72. The monoisotopic (exact) mass is 888 g/mol. The lowest BCUT2D eigenvalue weighted by Gasteiger charge is -2.23. The molecule has 0 aliphatic carbocycles. The highest BCUT2D eigenvalue weighted by Gasteiger charge is 2.38. The van der Waals surface area contributed by atoms with E-state index in [1.807, 2.05) is 79.7 Å². The van der Waals surface area contributed by atoms with Crippen LogP contribution in [0.15, 0.2) is 188 Å². The van der Waals surface area contributed by atoms with Crippen molar-refractivity contribution in [3.8, 4) is 46.0 Å². The van der Waals surface area contributed by atoms with Gasteiger partial charge >= 0.3 is 0 Å². The number of anilines is 1. The van der Waals surface area contributed by atoms with Crippen molar-refractivity contribution in [2.24, 2.45) is 0 Å². The van der Waals surface area contributed by atoms with Gasteiger partial charge in [0.25, 0.3) is 23.6 Å². The van der Waals surface area contributed by atoms with E-state index >= 15 is 4.57 Å². The number of carbonyl (C=O) groups is 4. The van der Waals surface area contributed by atoms with E-state index in [1.165, 1.54) is 25.2 Å². The van der Waals surface area contributed by atoms with Crippen LogP contribution in [0.2, 0.25) is 0 Å². The van der Waals surface area contributed by atoms with Crippen LogP contribution in [0, 0.1) is 6.92 Å². The summed E-state index contributed by atoms with van der Waals surface area (Å²) >= 11 is 0. The lowest BCUT2D eigenvalue weighted by atomic mass is 10.1. The molecule has 0 aromatic heterocycles. The molecule has 0 N–H and O–H groups in total. The maximum Gasteiger partial charge on any atom is 0.266 e. The maximum absolute atomic E-state index is 15.9. The Balaban J connectivity index is 0.957. The van der Waals surface area contributed by atoms with E-state index in [2.05, 4.69) is 0 Å². The Kier molecular flexibility index (Phi) is 10.6. The third-order valence-electron chi connectivity index (χ3n) is 11.2. The molecular formula is C54H37N2O9P. The minimum Gasteiger partial charge on any atom is -0.457 e. The number of ether oxygens (including phenoxy) is 4. The Hall–Kier alpha value is -8.53. The van der Waals surface area contributed by atoms with Gasteiger partial charge in [0, 0.05) is 29.8 Å². The van der Waals surface area contributed by atoms with Crippen LogP contribution in [0.4, 0.5) is 5.69 Å². The number of imide groups is 2. The lowest BCUT2D eigenvalue weighted by molar-refractivity contribution is 0.0692. The molecule has 2 aliphatic rings. The van der Waals surface area contributed by atoms with Crippen molar-refractivity contribution in [1.82, 2.24) is 4.90 Å². The first-order chi connectivity index (χ1) is 32.0. The molecule has 0 radical (unpaired) electrons. The summed E-state index contributed by atoms with van der Waals surface area (Å²) < 4.78 is 41.0. The van der Waals surface area contributed by atoms with Crippen molar-refractivity contribution in [2.45, 2.75) is 6.92 Å². The molecule has 322 valence electrons. The summed E-state index contributed by atoms with van der Waals surface area (Å²) in [5, 5.41) is 1.35.